The highest BCUT2D eigenvalue weighted by atomic mass is 16.5. The van der Waals surface area contributed by atoms with Gasteiger partial charge in [0, 0.05) is 12.8 Å². The number of ketones is 1. The van der Waals surface area contributed by atoms with E-state index in [1.165, 1.54) is 5.56 Å². The fraction of sp³-hybridized carbons (Fsp3) is 0.375. The second-order valence-corrected chi connectivity index (χ2v) is 5.01. The van der Waals surface area contributed by atoms with Crippen LogP contribution in [0.25, 0.3) is 0 Å². The number of carbonyl (C=O) groups is 2. The van der Waals surface area contributed by atoms with Crippen molar-refractivity contribution < 1.29 is 19.4 Å². The van der Waals surface area contributed by atoms with Crippen LogP contribution in [0.5, 0.6) is 0 Å². The summed E-state index contributed by atoms with van der Waals surface area (Å²) in [6.07, 6.45) is 0.806. The lowest BCUT2D eigenvalue weighted by molar-refractivity contribution is -0.150. The summed E-state index contributed by atoms with van der Waals surface area (Å²) >= 11 is 0. The molecule has 0 amide bonds. The van der Waals surface area contributed by atoms with E-state index in [-0.39, 0.29) is 30.0 Å². The Labute approximate surface area is 118 Å². The van der Waals surface area contributed by atoms with Gasteiger partial charge in [0.25, 0.3) is 0 Å². The van der Waals surface area contributed by atoms with E-state index in [0.29, 0.717) is 0 Å². The second kappa shape index (κ2) is 5.90. The Bertz CT molecular complexity index is 534. The van der Waals surface area contributed by atoms with E-state index in [1.54, 1.807) is 6.92 Å². The van der Waals surface area contributed by atoms with Crippen LogP contribution in [0.4, 0.5) is 0 Å². The van der Waals surface area contributed by atoms with Gasteiger partial charge in [0.1, 0.15) is 17.4 Å². The quantitative estimate of drug-likeness (QED) is 0.398. The molecular formula is C16H18O4. The lowest BCUT2D eigenvalue weighted by atomic mass is 9.98. The van der Waals surface area contributed by atoms with Crippen LogP contribution in [0.3, 0.4) is 0 Å². The minimum Gasteiger partial charge on any atom is -0.511 e. The van der Waals surface area contributed by atoms with E-state index in [4.69, 9.17) is 4.74 Å². The monoisotopic (exact) mass is 274 g/mol. The number of aryl methyl sites for hydroxylation is 1. The zero-order chi connectivity index (χ0) is 14.7. The molecule has 1 fully saturated rings. The predicted octanol–water partition coefficient (Wildman–Crippen LogP) is 2.51. The van der Waals surface area contributed by atoms with Crippen LogP contribution in [0, 0.1) is 0 Å². The third kappa shape index (κ3) is 3.07. The fourth-order valence-electron chi connectivity index (χ4n) is 2.21. The number of ether oxygens (including phenoxy) is 1. The molecule has 0 radical (unpaired) electrons. The molecule has 1 atom stereocenters. The zero-order valence-corrected chi connectivity index (χ0v) is 11.7. The van der Waals surface area contributed by atoms with Crippen LogP contribution >= 0.6 is 0 Å². The molecule has 2 rings (SSSR count). The van der Waals surface area contributed by atoms with E-state index < -0.39 is 12.1 Å². The summed E-state index contributed by atoms with van der Waals surface area (Å²) < 4.78 is 4.99. The Morgan fingerprint density at radius 1 is 1.25 bits per heavy atom. The van der Waals surface area contributed by atoms with Gasteiger partial charge in [0.2, 0.25) is 0 Å². The van der Waals surface area contributed by atoms with Crippen molar-refractivity contribution in [1.29, 1.82) is 0 Å². The average Bonchev–Trinajstić information content (AvgIpc) is 2.38. The molecule has 0 spiro atoms. The lowest BCUT2D eigenvalue weighted by Crippen LogP contribution is -2.31. The fourth-order valence-corrected chi connectivity index (χ4v) is 2.21. The molecule has 0 aliphatic carbocycles. The van der Waals surface area contributed by atoms with Crippen molar-refractivity contribution in [2.45, 2.75) is 39.2 Å². The first-order valence-electron chi connectivity index (χ1n) is 6.75. The molecule has 1 heterocycles. The summed E-state index contributed by atoms with van der Waals surface area (Å²) in [6, 6.07) is 7.71. The number of aliphatic hydroxyl groups excluding tert-OH is 1. The summed E-state index contributed by atoms with van der Waals surface area (Å²) in [5.41, 5.74) is 1.84. The van der Waals surface area contributed by atoms with Gasteiger partial charge in [0.05, 0.1) is 0 Å². The van der Waals surface area contributed by atoms with Gasteiger partial charge in [-0.25, -0.2) is 4.79 Å². The summed E-state index contributed by atoms with van der Waals surface area (Å²) in [5.74, 6) is -1.29. The minimum atomic E-state index is -0.726. The SMILES string of the molecule is CCc1ccc(C/C(O)=C2/C(=O)C[C@@H](C)OC2=O)cc1. The maximum atomic E-state index is 11.8. The molecule has 1 saturated heterocycles. The van der Waals surface area contributed by atoms with Gasteiger partial charge in [-0.05, 0) is 24.5 Å². The average molecular weight is 274 g/mol. The van der Waals surface area contributed by atoms with Crippen LogP contribution in [-0.4, -0.2) is 23.0 Å². The lowest BCUT2D eigenvalue weighted by Gasteiger charge is -2.20. The van der Waals surface area contributed by atoms with Gasteiger partial charge >= 0.3 is 5.97 Å². The first-order valence-corrected chi connectivity index (χ1v) is 6.75. The number of hydrogen-bond acceptors (Lipinski definition) is 4. The number of rotatable bonds is 3. The Hall–Kier alpha value is -2.10. The van der Waals surface area contributed by atoms with E-state index in [1.807, 2.05) is 24.3 Å². The summed E-state index contributed by atoms with van der Waals surface area (Å²) in [7, 11) is 0. The number of allylic oxidation sites excluding steroid dienone is 1. The number of benzene rings is 1. The highest BCUT2D eigenvalue weighted by Crippen LogP contribution is 2.20. The topological polar surface area (TPSA) is 63.6 Å². The van der Waals surface area contributed by atoms with Crippen molar-refractivity contribution in [3.63, 3.8) is 0 Å². The van der Waals surface area contributed by atoms with E-state index >= 15 is 0 Å². The van der Waals surface area contributed by atoms with E-state index in [2.05, 4.69) is 6.92 Å². The van der Waals surface area contributed by atoms with Crippen molar-refractivity contribution in [3.8, 4) is 0 Å². The smallest absolute Gasteiger partial charge is 0.345 e. The van der Waals surface area contributed by atoms with Gasteiger partial charge in [-0.3, -0.25) is 4.79 Å². The third-order valence-electron chi connectivity index (χ3n) is 3.36. The highest BCUT2D eigenvalue weighted by Gasteiger charge is 2.32. The molecule has 0 saturated carbocycles. The molecule has 1 aromatic rings. The molecule has 0 bridgehead atoms. The standard InChI is InChI=1S/C16H18O4/c1-3-11-4-6-12(7-5-11)9-14(18)15-13(17)8-10(2)20-16(15)19/h4-7,10,18H,3,8-9H2,1-2H3/b15-14+/t10-/m1/s1. The molecule has 0 unspecified atom stereocenters. The van der Waals surface area contributed by atoms with Crippen LogP contribution in [0.15, 0.2) is 35.6 Å². The number of carbonyl (C=O) groups excluding carboxylic acids is 2. The van der Waals surface area contributed by atoms with Crippen LogP contribution in [0.2, 0.25) is 0 Å². The van der Waals surface area contributed by atoms with Crippen molar-refractivity contribution in [2.75, 3.05) is 0 Å². The van der Waals surface area contributed by atoms with Crippen LogP contribution < -0.4 is 0 Å². The van der Waals surface area contributed by atoms with Crippen molar-refractivity contribution in [1.82, 2.24) is 0 Å². The maximum absolute atomic E-state index is 11.8. The van der Waals surface area contributed by atoms with Crippen molar-refractivity contribution in [2.24, 2.45) is 0 Å². The third-order valence-corrected chi connectivity index (χ3v) is 3.36. The second-order valence-electron chi connectivity index (χ2n) is 5.01. The minimum absolute atomic E-state index is 0.125. The number of cyclic esters (lactones) is 1. The van der Waals surface area contributed by atoms with Crippen molar-refractivity contribution in [3.05, 3.63) is 46.7 Å². The zero-order valence-electron chi connectivity index (χ0n) is 11.7. The maximum Gasteiger partial charge on any atom is 0.345 e. The summed E-state index contributed by atoms with van der Waals surface area (Å²) in [6.45, 7) is 3.72. The number of esters is 1. The van der Waals surface area contributed by atoms with E-state index in [0.717, 1.165) is 12.0 Å². The number of aliphatic hydroxyl groups is 1. The molecule has 1 aliphatic rings. The predicted molar refractivity (Wildman–Crippen MR) is 74.4 cm³/mol. The molecule has 4 heteroatoms. The Morgan fingerprint density at radius 2 is 1.85 bits per heavy atom. The summed E-state index contributed by atoms with van der Waals surface area (Å²) in [4.78, 5) is 23.5. The van der Waals surface area contributed by atoms with Gasteiger partial charge in [-0.1, -0.05) is 31.2 Å². The molecular weight excluding hydrogens is 256 g/mol. The molecule has 4 nitrogen and oxygen atoms in total. The molecule has 1 N–H and O–H groups in total. The van der Waals surface area contributed by atoms with Gasteiger partial charge < -0.3 is 9.84 Å². The summed E-state index contributed by atoms with van der Waals surface area (Å²) in [5, 5.41) is 10.0. The molecule has 1 aliphatic heterocycles. The van der Waals surface area contributed by atoms with Crippen LogP contribution in [0.1, 0.15) is 31.4 Å². The molecule has 20 heavy (non-hydrogen) atoms. The Kier molecular flexibility index (Phi) is 4.23. The first kappa shape index (κ1) is 14.3. The van der Waals surface area contributed by atoms with Crippen molar-refractivity contribution >= 4 is 11.8 Å². The Morgan fingerprint density at radius 3 is 2.40 bits per heavy atom. The highest BCUT2D eigenvalue weighted by molar-refractivity contribution is 6.19. The molecule has 0 aromatic heterocycles. The molecule has 106 valence electrons. The first-order chi connectivity index (χ1) is 9.51. The van der Waals surface area contributed by atoms with E-state index in [9.17, 15) is 14.7 Å². The number of Topliss-reactive ketones (excluding diaryl/α,β-unsaturated/α-hetero) is 1. The van der Waals surface area contributed by atoms with Crippen LogP contribution in [-0.2, 0) is 27.2 Å². The number of hydrogen-bond donors (Lipinski definition) is 1. The normalized spacial score (nSPS) is 21.6. The Balaban J connectivity index is 2.20. The largest absolute Gasteiger partial charge is 0.511 e. The van der Waals surface area contributed by atoms with Gasteiger partial charge in [-0.15, -0.1) is 0 Å². The van der Waals surface area contributed by atoms with Gasteiger partial charge in [0.15, 0.2) is 5.78 Å². The molecule has 1 aromatic carbocycles. The van der Waals surface area contributed by atoms with Gasteiger partial charge in [-0.2, -0.15) is 0 Å².